The zero-order chi connectivity index (χ0) is 11.6. The lowest BCUT2D eigenvalue weighted by Crippen LogP contribution is -2.33. The summed E-state index contributed by atoms with van der Waals surface area (Å²) >= 11 is 0. The summed E-state index contributed by atoms with van der Waals surface area (Å²) in [6.45, 7) is 7.47. The molecule has 1 N–H and O–H groups in total. The third kappa shape index (κ3) is 2.32. The second kappa shape index (κ2) is 4.37. The van der Waals surface area contributed by atoms with E-state index in [4.69, 9.17) is 0 Å². The topological polar surface area (TPSA) is 41.0 Å². The van der Waals surface area contributed by atoms with E-state index in [2.05, 4.69) is 27.1 Å². The SMILES string of the molecule is CNCC1(C)CCN(c2nccc(C)n2)C1. The van der Waals surface area contributed by atoms with Crippen LogP contribution in [0, 0.1) is 12.3 Å². The zero-order valence-corrected chi connectivity index (χ0v) is 10.3. The summed E-state index contributed by atoms with van der Waals surface area (Å²) in [5, 5.41) is 3.27. The predicted molar refractivity (Wildman–Crippen MR) is 65.6 cm³/mol. The minimum atomic E-state index is 0.349. The van der Waals surface area contributed by atoms with Gasteiger partial charge in [-0.25, -0.2) is 9.97 Å². The maximum absolute atomic E-state index is 4.48. The molecule has 88 valence electrons. The monoisotopic (exact) mass is 220 g/mol. The van der Waals surface area contributed by atoms with Crippen molar-refractivity contribution < 1.29 is 0 Å². The van der Waals surface area contributed by atoms with Gasteiger partial charge in [-0.2, -0.15) is 0 Å². The smallest absolute Gasteiger partial charge is 0.225 e. The fraction of sp³-hybridized carbons (Fsp3) is 0.667. The van der Waals surface area contributed by atoms with E-state index in [0.29, 0.717) is 5.41 Å². The number of aromatic nitrogens is 2. The average molecular weight is 220 g/mol. The number of nitrogens with one attached hydrogen (secondary N) is 1. The molecule has 0 bridgehead atoms. The lowest BCUT2D eigenvalue weighted by molar-refractivity contribution is 0.355. The number of nitrogens with zero attached hydrogens (tertiary/aromatic N) is 3. The highest BCUT2D eigenvalue weighted by atomic mass is 15.3. The van der Waals surface area contributed by atoms with Crippen LogP contribution in [-0.2, 0) is 0 Å². The first-order chi connectivity index (χ1) is 7.63. The van der Waals surface area contributed by atoms with Gasteiger partial charge in [0, 0.05) is 31.5 Å². The molecule has 0 aliphatic carbocycles. The summed E-state index contributed by atoms with van der Waals surface area (Å²) in [5.74, 6) is 0.875. The van der Waals surface area contributed by atoms with Crippen molar-refractivity contribution >= 4 is 5.95 Å². The van der Waals surface area contributed by atoms with Gasteiger partial charge in [0.15, 0.2) is 0 Å². The molecule has 0 aromatic carbocycles. The summed E-state index contributed by atoms with van der Waals surface area (Å²) in [6, 6.07) is 1.94. The van der Waals surface area contributed by atoms with Crippen molar-refractivity contribution in [2.24, 2.45) is 5.41 Å². The molecule has 1 saturated heterocycles. The van der Waals surface area contributed by atoms with Crippen LogP contribution >= 0.6 is 0 Å². The number of rotatable bonds is 3. The molecule has 1 atom stereocenters. The molecule has 4 nitrogen and oxygen atoms in total. The van der Waals surface area contributed by atoms with Gasteiger partial charge >= 0.3 is 0 Å². The molecule has 1 aromatic heterocycles. The standard InChI is InChI=1S/C12H20N4/c1-10-4-6-14-11(15-10)16-7-5-12(2,9-16)8-13-3/h4,6,13H,5,7-9H2,1-3H3. The van der Waals surface area contributed by atoms with E-state index in [1.54, 1.807) is 0 Å². The molecule has 0 saturated carbocycles. The Morgan fingerprint density at radius 3 is 3.06 bits per heavy atom. The van der Waals surface area contributed by atoms with Crippen molar-refractivity contribution in [3.05, 3.63) is 18.0 Å². The summed E-state index contributed by atoms with van der Waals surface area (Å²) in [6.07, 6.45) is 3.04. The van der Waals surface area contributed by atoms with Gasteiger partial charge in [0.1, 0.15) is 0 Å². The summed E-state index contributed by atoms with van der Waals surface area (Å²) < 4.78 is 0. The van der Waals surface area contributed by atoms with E-state index < -0.39 is 0 Å². The largest absolute Gasteiger partial charge is 0.340 e. The molecule has 1 aliphatic rings. The Bertz CT molecular complexity index is 366. The number of hydrogen-bond donors (Lipinski definition) is 1. The van der Waals surface area contributed by atoms with E-state index in [0.717, 1.165) is 31.3 Å². The van der Waals surface area contributed by atoms with Gasteiger partial charge in [-0.1, -0.05) is 6.92 Å². The predicted octanol–water partition coefficient (Wildman–Crippen LogP) is 1.22. The molecule has 2 rings (SSSR count). The highest BCUT2D eigenvalue weighted by Gasteiger charge is 2.34. The van der Waals surface area contributed by atoms with Crippen LogP contribution in [0.4, 0.5) is 5.95 Å². The summed E-state index contributed by atoms with van der Waals surface area (Å²) in [7, 11) is 2.01. The normalized spacial score (nSPS) is 25.1. The van der Waals surface area contributed by atoms with Crippen molar-refractivity contribution in [2.45, 2.75) is 20.3 Å². The summed E-state index contributed by atoms with van der Waals surface area (Å²) in [5.41, 5.74) is 1.38. The second-order valence-electron chi connectivity index (χ2n) is 5.01. The van der Waals surface area contributed by atoms with Gasteiger partial charge in [0.05, 0.1) is 0 Å². The van der Waals surface area contributed by atoms with E-state index in [-0.39, 0.29) is 0 Å². The first kappa shape index (κ1) is 11.3. The Morgan fingerprint density at radius 2 is 2.38 bits per heavy atom. The summed E-state index contributed by atoms with van der Waals surface area (Å²) in [4.78, 5) is 11.1. The molecule has 0 spiro atoms. The fourth-order valence-electron chi connectivity index (χ4n) is 2.35. The molecule has 1 aromatic rings. The van der Waals surface area contributed by atoms with Gasteiger partial charge in [-0.3, -0.25) is 0 Å². The Hall–Kier alpha value is -1.16. The minimum absolute atomic E-state index is 0.349. The molecule has 1 fully saturated rings. The Balaban J connectivity index is 2.09. The van der Waals surface area contributed by atoms with Gasteiger partial charge in [0.2, 0.25) is 5.95 Å². The second-order valence-corrected chi connectivity index (χ2v) is 5.01. The van der Waals surface area contributed by atoms with Crippen LogP contribution < -0.4 is 10.2 Å². The number of anilines is 1. The van der Waals surface area contributed by atoms with E-state index in [1.807, 2.05) is 26.2 Å². The number of hydrogen-bond acceptors (Lipinski definition) is 4. The van der Waals surface area contributed by atoms with E-state index >= 15 is 0 Å². The molecule has 0 radical (unpaired) electrons. The van der Waals surface area contributed by atoms with Crippen molar-refractivity contribution in [1.82, 2.24) is 15.3 Å². The molecule has 4 heteroatoms. The van der Waals surface area contributed by atoms with Crippen LogP contribution in [0.1, 0.15) is 19.0 Å². The molecule has 0 amide bonds. The van der Waals surface area contributed by atoms with Crippen molar-refractivity contribution in [2.75, 3.05) is 31.6 Å². The van der Waals surface area contributed by atoms with Crippen LogP contribution in [0.5, 0.6) is 0 Å². The van der Waals surface area contributed by atoms with E-state index in [9.17, 15) is 0 Å². The van der Waals surface area contributed by atoms with Crippen molar-refractivity contribution in [1.29, 1.82) is 0 Å². The van der Waals surface area contributed by atoms with Crippen LogP contribution in [0.2, 0.25) is 0 Å². The first-order valence-electron chi connectivity index (χ1n) is 5.82. The van der Waals surface area contributed by atoms with Gasteiger partial charge in [-0.05, 0) is 31.9 Å². The maximum Gasteiger partial charge on any atom is 0.225 e. The minimum Gasteiger partial charge on any atom is -0.340 e. The molecule has 1 unspecified atom stereocenters. The van der Waals surface area contributed by atoms with Crippen LogP contribution in [0.3, 0.4) is 0 Å². The Morgan fingerprint density at radius 1 is 1.56 bits per heavy atom. The Labute approximate surface area is 97.1 Å². The highest BCUT2D eigenvalue weighted by molar-refractivity contribution is 5.32. The molecule has 16 heavy (non-hydrogen) atoms. The van der Waals surface area contributed by atoms with Crippen molar-refractivity contribution in [3.8, 4) is 0 Å². The average Bonchev–Trinajstić information content (AvgIpc) is 2.61. The van der Waals surface area contributed by atoms with Crippen LogP contribution in [-0.4, -0.2) is 36.6 Å². The quantitative estimate of drug-likeness (QED) is 0.831. The third-order valence-electron chi connectivity index (χ3n) is 3.23. The molecule has 1 aliphatic heterocycles. The van der Waals surface area contributed by atoms with Gasteiger partial charge in [-0.15, -0.1) is 0 Å². The van der Waals surface area contributed by atoms with Gasteiger partial charge < -0.3 is 10.2 Å². The molecule has 2 heterocycles. The van der Waals surface area contributed by atoms with Crippen LogP contribution in [0.15, 0.2) is 12.3 Å². The fourth-order valence-corrected chi connectivity index (χ4v) is 2.35. The lowest BCUT2D eigenvalue weighted by Gasteiger charge is -2.24. The maximum atomic E-state index is 4.48. The lowest BCUT2D eigenvalue weighted by atomic mass is 9.90. The van der Waals surface area contributed by atoms with E-state index in [1.165, 1.54) is 6.42 Å². The Kier molecular flexibility index (Phi) is 3.10. The first-order valence-corrected chi connectivity index (χ1v) is 5.82. The van der Waals surface area contributed by atoms with Gasteiger partial charge in [0.25, 0.3) is 0 Å². The van der Waals surface area contributed by atoms with Crippen molar-refractivity contribution in [3.63, 3.8) is 0 Å². The number of aryl methyl sites for hydroxylation is 1. The molecular formula is C12H20N4. The zero-order valence-electron chi connectivity index (χ0n) is 10.3. The highest BCUT2D eigenvalue weighted by Crippen LogP contribution is 2.30. The third-order valence-corrected chi connectivity index (χ3v) is 3.23. The van der Waals surface area contributed by atoms with Crippen LogP contribution in [0.25, 0.3) is 0 Å². The molecular weight excluding hydrogens is 200 g/mol.